The topological polar surface area (TPSA) is 39.7 Å². The molecule has 6 heteroatoms. The molecular formula is C17H33IN4S. The molecule has 1 aromatic rings. The van der Waals surface area contributed by atoms with Gasteiger partial charge in [0.25, 0.3) is 0 Å². The first-order chi connectivity index (χ1) is 10.6. The van der Waals surface area contributed by atoms with E-state index < -0.39 is 0 Å². The smallest absolute Gasteiger partial charge is 0.191 e. The van der Waals surface area contributed by atoms with E-state index in [0.29, 0.717) is 12.0 Å². The van der Waals surface area contributed by atoms with Crippen LogP contribution in [0.5, 0.6) is 0 Å². The van der Waals surface area contributed by atoms with Gasteiger partial charge in [-0.3, -0.25) is 9.89 Å². The maximum atomic E-state index is 4.74. The van der Waals surface area contributed by atoms with Crippen LogP contribution in [0.2, 0.25) is 0 Å². The second-order valence-electron chi connectivity index (χ2n) is 5.63. The van der Waals surface area contributed by atoms with E-state index in [0.717, 1.165) is 38.7 Å². The number of rotatable bonds is 9. The number of nitrogens with zero attached hydrogens (tertiary/aromatic N) is 2. The van der Waals surface area contributed by atoms with Gasteiger partial charge in [-0.1, -0.05) is 20.8 Å². The molecule has 0 aliphatic carbocycles. The molecule has 2 atom stereocenters. The summed E-state index contributed by atoms with van der Waals surface area (Å²) in [6.07, 6.45) is 0. The van der Waals surface area contributed by atoms with E-state index in [4.69, 9.17) is 4.99 Å². The highest BCUT2D eigenvalue weighted by Gasteiger charge is 2.10. The van der Waals surface area contributed by atoms with Crippen LogP contribution in [0.1, 0.15) is 46.1 Å². The SMILES string of the molecule is CCNC(=NCC(C)N(CC)CC)NCC(C)c1ccsc1.I. The number of aliphatic imine (C=N–C) groups is 1. The summed E-state index contributed by atoms with van der Waals surface area (Å²) >= 11 is 1.76. The zero-order valence-electron chi connectivity index (χ0n) is 15.1. The van der Waals surface area contributed by atoms with Crippen LogP contribution in [-0.4, -0.2) is 49.6 Å². The normalized spacial score (nSPS) is 14.3. The molecule has 23 heavy (non-hydrogen) atoms. The Morgan fingerprint density at radius 2 is 1.91 bits per heavy atom. The van der Waals surface area contributed by atoms with Crippen molar-refractivity contribution in [1.29, 1.82) is 0 Å². The minimum absolute atomic E-state index is 0. The van der Waals surface area contributed by atoms with Gasteiger partial charge in [-0.25, -0.2) is 0 Å². The molecule has 0 aliphatic rings. The van der Waals surface area contributed by atoms with E-state index in [1.54, 1.807) is 11.3 Å². The summed E-state index contributed by atoms with van der Waals surface area (Å²) in [5.74, 6) is 1.42. The molecule has 0 saturated carbocycles. The highest BCUT2D eigenvalue weighted by atomic mass is 127. The largest absolute Gasteiger partial charge is 0.357 e. The average Bonchev–Trinajstić information content (AvgIpc) is 3.05. The van der Waals surface area contributed by atoms with Crippen molar-refractivity contribution in [3.63, 3.8) is 0 Å². The zero-order valence-corrected chi connectivity index (χ0v) is 18.3. The molecule has 4 nitrogen and oxygen atoms in total. The van der Waals surface area contributed by atoms with E-state index in [2.05, 4.69) is 67.0 Å². The van der Waals surface area contributed by atoms with Gasteiger partial charge in [-0.05, 0) is 55.2 Å². The van der Waals surface area contributed by atoms with Crippen molar-refractivity contribution >= 4 is 41.3 Å². The fourth-order valence-electron chi connectivity index (χ4n) is 2.45. The lowest BCUT2D eigenvalue weighted by molar-refractivity contribution is 0.237. The van der Waals surface area contributed by atoms with Crippen LogP contribution < -0.4 is 10.6 Å². The van der Waals surface area contributed by atoms with Crippen molar-refractivity contribution < 1.29 is 0 Å². The van der Waals surface area contributed by atoms with E-state index in [-0.39, 0.29) is 24.0 Å². The summed E-state index contributed by atoms with van der Waals surface area (Å²) in [6.45, 7) is 15.8. The monoisotopic (exact) mass is 452 g/mol. The minimum atomic E-state index is 0. The van der Waals surface area contributed by atoms with Crippen LogP contribution in [0.3, 0.4) is 0 Å². The maximum Gasteiger partial charge on any atom is 0.191 e. The molecule has 2 N–H and O–H groups in total. The fraction of sp³-hybridized carbons (Fsp3) is 0.706. The second kappa shape index (κ2) is 13.0. The molecule has 0 amide bonds. The number of halogens is 1. The Morgan fingerprint density at radius 1 is 1.22 bits per heavy atom. The van der Waals surface area contributed by atoms with Crippen LogP contribution in [0, 0.1) is 0 Å². The quantitative estimate of drug-likeness (QED) is 0.341. The second-order valence-corrected chi connectivity index (χ2v) is 6.41. The lowest BCUT2D eigenvalue weighted by Crippen LogP contribution is -2.41. The van der Waals surface area contributed by atoms with Crippen LogP contribution in [0.4, 0.5) is 0 Å². The van der Waals surface area contributed by atoms with Gasteiger partial charge in [-0.2, -0.15) is 11.3 Å². The molecule has 2 unspecified atom stereocenters. The Bertz CT molecular complexity index is 418. The Kier molecular flexibility index (Phi) is 12.8. The first-order valence-electron chi connectivity index (χ1n) is 8.40. The molecule has 0 aliphatic heterocycles. The molecule has 1 rings (SSSR count). The number of guanidine groups is 1. The maximum absolute atomic E-state index is 4.74. The average molecular weight is 452 g/mol. The fourth-order valence-corrected chi connectivity index (χ4v) is 3.23. The molecule has 1 heterocycles. The summed E-state index contributed by atoms with van der Waals surface area (Å²) in [5, 5.41) is 11.2. The Morgan fingerprint density at radius 3 is 2.43 bits per heavy atom. The van der Waals surface area contributed by atoms with E-state index in [9.17, 15) is 0 Å². The van der Waals surface area contributed by atoms with Crippen molar-refractivity contribution in [3.05, 3.63) is 22.4 Å². The predicted molar refractivity (Wildman–Crippen MR) is 115 cm³/mol. The van der Waals surface area contributed by atoms with Gasteiger partial charge >= 0.3 is 0 Å². The van der Waals surface area contributed by atoms with Gasteiger partial charge in [-0.15, -0.1) is 24.0 Å². The van der Waals surface area contributed by atoms with Gasteiger partial charge in [0.2, 0.25) is 0 Å². The number of hydrogen-bond donors (Lipinski definition) is 2. The van der Waals surface area contributed by atoms with Crippen LogP contribution in [0.25, 0.3) is 0 Å². The number of nitrogens with one attached hydrogen (secondary N) is 2. The molecule has 1 aromatic heterocycles. The van der Waals surface area contributed by atoms with Crippen molar-refractivity contribution in [1.82, 2.24) is 15.5 Å². The summed E-state index contributed by atoms with van der Waals surface area (Å²) in [7, 11) is 0. The molecule has 0 aromatic carbocycles. The lowest BCUT2D eigenvalue weighted by atomic mass is 10.1. The third kappa shape index (κ3) is 8.35. The third-order valence-corrected chi connectivity index (χ3v) is 4.68. The molecule has 134 valence electrons. The Labute approximate surface area is 163 Å². The zero-order chi connectivity index (χ0) is 16.4. The summed E-state index contributed by atoms with van der Waals surface area (Å²) in [6, 6.07) is 2.67. The number of thiophene rings is 1. The molecule has 0 radical (unpaired) electrons. The minimum Gasteiger partial charge on any atom is -0.357 e. The summed E-state index contributed by atoms with van der Waals surface area (Å²) in [5.41, 5.74) is 1.39. The van der Waals surface area contributed by atoms with Crippen LogP contribution >= 0.6 is 35.3 Å². The first-order valence-corrected chi connectivity index (χ1v) is 9.34. The Hall–Kier alpha value is -0.340. The highest BCUT2D eigenvalue weighted by Crippen LogP contribution is 2.16. The molecule has 0 spiro atoms. The van der Waals surface area contributed by atoms with E-state index in [1.165, 1.54) is 5.56 Å². The van der Waals surface area contributed by atoms with Gasteiger partial charge < -0.3 is 10.6 Å². The number of likely N-dealkylation sites (N-methyl/N-ethyl adjacent to an activating group) is 1. The molecule has 0 bridgehead atoms. The van der Waals surface area contributed by atoms with Crippen molar-refractivity contribution in [2.24, 2.45) is 4.99 Å². The van der Waals surface area contributed by atoms with Gasteiger partial charge in [0, 0.05) is 19.1 Å². The number of hydrogen-bond acceptors (Lipinski definition) is 3. The summed E-state index contributed by atoms with van der Waals surface area (Å²) in [4.78, 5) is 7.17. The Balaban J connectivity index is 0.00000484. The molecular weight excluding hydrogens is 419 g/mol. The van der Waals surface area contributed by atoms with E-state index in [1.807, 2.05) is 0 Å². The van der Waals surface area contributed by atoms with Crippen LogP contribution in [-0.2, 0) is 0 Å². The third-order valence-electron chi connectivity index (χ3n) is 3.98. The predicted octanol–water partition coefficient (Wildman–Crippen LogP) is 3.76. The lowest BCUT2D eigenvalue weighted by Gasteiger charge is -2.25. The standard InChI is InChI=1S/C17H32N4S.HI/c1-6-18-17(20-12-15(5)21(7-2)8-3)19-11-14(4)16-9-10-22-13-16;/h9-10,13-15H,6-8,11-12H2,1-5H3,(H2,18,19,20);1H. The van der Waals surface area contributed by atoms with Crippen molar-refractivity contribution in [2.45, 2.75) is 46.6 Å². The summed E-state index contributed by atoms with van der Waals surface area (Å²) < 4.78 is 0. The van der Waals surface area contributed by atoms with E-state index >= 15 is 0 Å². The van der Waals surface area contributed by atoms with Gasteiger partial charge in [0.15, 0.2) is 5.96 Å². The molecule has 0 fully saturated rings. The first kappa shape index (κ1) is 22.7. The highest BCUT2D eigenvalue weighted by molar-refractivity contribution is 14.0. The van der Waals surface area contributed by atoms with Crippen LogP contribution in [0.15, 0.2) is 21.8 Å². The van der Waals surface area contributed by atoms with Crippen molar-refractivity contribution in [2.75, 3.05) is 32.7 Å². The molecule has 0 saturated heterocycles. The van der Waals surface area contributed by atoms with Gasteiger partial charge in [0.05, 0.1) is 6.54 Å². The van der Waals surface area contributed by atoms with Gasteiger partial charge in [0.1, 0.15) is 0 Å². The van der Waals surface area contributed by atoms with Crippen molar-refractivity contribution in [3.8, 4) is 0 Å².